The predicted octanol–water partition coefficient (Wildman–Crippen LogP) is 2.36. The monoisotopic (exact) mass is 327 g/mol. The maximum atomic E-state index is 11.0. The lowest BCUT2D eigenvalue weighted by molar-refractivity contribution is -0.0974. The average Bonchev–Trinajstić information content (AvgIpc) is 3.17. The Bertz CT molecular complexity index is 618. The summed E-state index contributed by atoms with van der Waals surface area (Å²) in [6, 6.07) is 10.1. The number of rotatable bonds is 2. The Morgan fingerprint density at radius 3 is 2.21 bits per heavy atom. The number of hydrogen-bond donors (Lipinski definition) is 1. The van der Waals surface area contributed by atoms with Gasteiger partial charge in [-0.25, -0.2) is 0 Å². The third-order valence-electron chi connectivity index (χ3n) is 5.12. The molecule has 6 heteroatoms. The Hall–Kier alpha value is -1.92. The zero-order valence-electron chi connectivity index (χ0n) is 14.0. The highest BCUT2D eigenvalue weighted by molar-refractivity contribution is 6.07. The van der Waals surface area contributed by atoms with E-state index in [2.05, 4.69) is 20.0 Å². The minimum absolute atomic E-state index is 0.249. The van der Waals surface area contributed by atoms with Crippen molar-refractivity contribution in [2.24, 2.45) is 10.2 Å². The Kier molecular flexibility index (Phi) is 4.49. The predicted molar refractivity (Wildman–Crippen MR) is 94.1 cm³/mol. The molecular weight excluding hydrogens is 302 g/mol. The lowest BCUT2D eigenvalue weighted by atomic mass is 10.0. The van der Waals surface area contributed by atoms with Crippen LogP contribution in [0.1, 0.15) is 37.7 Å². The molecule has 24 heavy (non-hydrogen) atoms. The molecule has 4 rings (SSSR count). The maximum absolute atomic E-state index is 11.0. The Morgan fingerprint density at radius 1 is 0.833 bits per heavy atom. The number of guanidine groups is 1. The Balaban J connectivity index is 1.69. The molecule has 1 N–H and O–H groups in total. The normalized spacial score (nSPS) is 25.6. The second-order valence-electron chi connectivity index (χ2n) is 6.76. The summed E-state index contributed by atoms with van der Waals surface area (Å²) < 4.78 is 0. The van der Waals surface area contributed by atoms with E-state index in [1.54, 1.807) is 0 Å². The fourth-order valence-electron chi connectivity index (χ4n) is 3.85. The van der Waals surface area contributed by atoms with Crippen LogP contribution in [0.25, 0.3) is 0 Å². The van der Waals surface area contributed by atoms with Crippen LogP contribution in [0.4, 0.5) is 0 Å². The molecule has 3 aliphatic heterocycles. The molecule has 1 unspecified atom stereocenters. The highest BCUT2D eigenvalue weighted by atomic mass is 16.5. The summed E-state index contributed by atoms with van der Waals surface area (Å²) in [6.45, 7) is 3.86. The fraction of sp³-hybridized carbons (Fsp3) is 0.556. The van der Waals surface area contributed by atoms with E-state index in [0.717, 1.165) is 50.3 Å². The van der Waals surface area contributed by atoms with Gasteiger partial charge < -0.3 is 4.90 Å². The molecule has 0 amide bonds. The maximum Gasteiger partial charge on any atom is 0.247 e. The molecule has 6 nitrogen and oxygen atoms in total. The van der Waals surface area contributed by atoms with Crippen LogP contribution >= 0.6 is 0 Å². The lowest BCUT2D eigenvalue weighted by Gasteiger charge is -2.42. The van der Waals surface area contributed by atoms with Crippen molar-refractivity contribution >= 4 is 11.7 Å². The third-order valence-corrected chi connectivity index (χ3v) is 5.12. The van der Waals surface area contributed by atoms with E-state index in [0.29, 0.717) is 5.96 Å². The van der Waals surface area contributed by atoms with Crippen molar-refractivity contribution in [3.8, 4) is 0 Å². The Labute approximate surface area is 143 Å². The van der Waals surface area contributed by atoms with E-state index in [9.17, 15) is 5.21 Å². The highest BCUT2D eigenvalue weighted by Crippen LogP contribution is 2.23. The minimum atomic E-state index is -0.249. The van der Waals surface area contributed by atoms with Gasteiger partial charge in [0.25, 0.3) is 0 Å². The molecule has 0 bridgehead atoms. The average molecular weight is 327 g/mol. The standard InChI is InChI=1S/C18H25N5O/c24-23-17(21-11-5-2-6-12-21)16(15-9-3-1-4-10-15)19-20-18(23)22-13-7-8-14-22/h1,3-4,9-10,17,24H,2,5-8,11-14H2. The van der Waals surface area contributed by atoms with E-state index in [-0.39, 0.29) is 6.17 Å². The molecule has 0 radical (unpaired) electrons. The summed E-state index contributed by atoms with van der Waals surface area (Å²) in [5.41, 5.74) is 1.86. The van der Waals surface area contributed by atoms with Crippen LogP contribution in [0, 0.1) is 0 Å². The smallest absolute Gasteiger partial charge is 0.247 e. The first-order chi connectivity index (χ1) is 11.8. The van der Waals surface area contributed by atoms with Crippen LogP contribution in [0.2, 0.25) is 0 Å². The van der Waals surface area contributed by atoms with E-state index in [1.165, 1.54) is 24.3 Å². The summed E-state index contributed by atoms with van der Waals surface area (Å²) >= 11 is 0. The first kappa shape index (κ1) is 15.6. The van der Waals surface area contributed by atoms with Gasteiger partial charge in [-0.3, -0.25) is 10.1 Å². The van der Waals surface area contributed by atoms with Crippen LogP contribution in [0.15, 0.2) is 40.5 Å². The van der Waals surface area contributed by atoms with Gasteiger partial charge in [0.1, 0.15) is 5.71 Å². The van der Waals surface area contributed by atoms with Gasteiger partial charge in [-0.1, -0.05) is 36.8 Å². The second kappa shape index (κ2) is 6.91. The summed E-state index contributed by atoms with van der Waals surface area (Å²) in [6.07, 6.45) is 5.65. The molecule has 1 atom stereocenters. The zero-order valence-corrected chi connectivity index (χ0v) is 14.0. The van der Waals surface area contributed by atoms with Crippen molar-refractivity contribution < 1.29 is 5.21 Å². The molecule has 0 aliphatic carbocycles. The summed E-state index contributed by atoms with van der Waals surface area (Å²) in [5, 5.41) is 21.3. The van der Waals surface area contributed by atoms with Crippen LogP contribution in [0.3, 0.4) is 0 Å². The molecule has 0 saturated carbocycles. The van der Waals surface area contributed by atoms with Gasteiger partial charge in [0.2, 0.25) is 5.96 Å². The number of nitrogens with zero attached hydrogens (tertiary/aromatic N) is 5. The van der Waals surface area contributed by atoms with E-state index >= 15 is 0 Å². The van der Waals surface area contributed by atoms with E-state index in [1.807, 2.05) is 30.3 Å². The van der Waals surface area contributed by atoms with Crippen LogP contribution in [-0.4, -0.2) is 64.1 Å². The third kappa shape index (κ3) is 2.91. The van der Waals surface area contributed by atoms with Crippen molar-refractivity contribution in [1.29, 1.82) is 0 Å². The summed E-state index contributed by atoms with van der Waals surface area (Å²) in [7, 11) is 0. The van der Waals surface area contributed by atoms with Crippen molar-refractivity contribution in [2.45, 2.75) is 38.3 Å². The first-order valence-corrected chi connectivity index (χ1v) is 9.03. The molecule has 0 aromatic heterocycles. The minimum Gasteiger partial charge on any atom is -0.339 e. The number of likely N-dealkylation sites (tertiary alicyclic amines) is 2. The largest absolute Gasteiger partial charge is 0.339 e. The Morgan fingerprint density at radius 2 is 1.50 bits per heavy atom. The molecule has 3 heterocycles. The molecule has 0 spiro atoms. The molecule has 2 fully saturated rings. The lowest BCUT2D eigenvalue weighted by Crippen LogP contribution is -2.59. The summed E-state index contributed by atoms with van der Waals surface area (Å²) in [4.78, 5) is 4.47. The highest BCUT2D eigenvalue weighted by Gasteiger charge is 2.38. The second-order valence-corrected chi connectivity index (χ2v) is 6.76. The molecular formula is C18H25N5O. The van der Waals surface area contributed by atoms with Crippen LogP contribution in [0.5, 0.6) is 0 Å². The fourth-order valence-corrected chi connectivity index (χ4v) is 3.85. The quantitative estimate of drug-likeness (QED) is 0.906. The first-order valence-electron chi connectivity index (χ1n) is 9.03. The topological polar surface area (TPSA) is 54.7 Å². The molecule has 1 aromatic carbocycles. The van der Waals surface area contributed by atoms with Crippen LogP contribution < -0.4 is 0 Å². The van der Waals surface area contributed by atoms with Crippen LogP contribution in [-0.2, 0) is 0 Å². The number of hydroxylamine groups is 2. The van der Waals surface area contributed by atoms with E-state index in [4.69, 9.17) is 0 Å². The van der Waals surface area contributed by atoms with Gasteiger partial charge in [0, 0.05) is 31.7 Å². The van der Waals surface area contributed by atoms with Gasteiger partial charge in [0.15, 0.2) is 6.17 Å². The summed E-state index contributed by atoms with van der Waals surface area (Å²) in [5.74, 6) is 0.600. The van der Waals surface area contributed by atoms with Crippen molar-refractivity contribution in [1.82, 2.24) is 14.9 Å². The van der Waals surface area contributed by atoms with Gasteiger partial charge in [-0.15, -0.1) is 10.2 Å². The van der Waals surface area contributed by atoms with Gasteiger partial charge in [-0.05, 0) is 25.7 Å². The van der Waals surface area contributed by atoms with Crippen molar-refractivity contribution in [2.75, 3.05) is 26.2 Å². The van der Waals surface area contributed by atoms with Gasteiger partial charge in [-0.2, -0.15) is 5.06 Å². The molecule has 128 valence electrons. The SMILES string of the molecule is ON1C(N2CCCC2)=NN=C(c2ccccc2)C1N1CCCCC1. The van der Waals surface area contributed by atoms with Crippen molar-refractivity contribution in [3.63, 3.8) is 0 Å². The van der Waals surface area contributed by atoms with Crippen molar-refractivity contribution in [3.05, 3.63) is 35.9 Å². The number of benzene rings is 1. The van der Waals surface area contributed by atoms with Gasteiger partial charge in [0.05, 0.1) is 0 Å². The molecule has 3 aliphatic rings. The van der Waals surface area contributed by atoms with Gasteiger partial charge >= 0.3 is 0 Å². The number of hydrogen-bond acceptors (Lipinski definition) is 6. The molecule has 2 saturated heterocycles. The van der Waals surface area contributed by atoms with E-state index < -0.39 is 0 Å². The molecule has 1 aromatic rings. The zero-order chi connectivity index (χ0) is 16.4. The number of piperidine rings is 1.